The lowest BCUT2D eigenvalue weighted by molar-refractivity contribution is 0.0977. The van der Waals surface area contributed by atoms with Crippen molar-refractivity contribution in [3.8, 4) is 17.2 Å². The second-order valence-corrected chi connectivity index (χ2v) is 5.24. The van der Waals surface area contributed by atoms with Gasteiger partial charge in [0, 0.05) is 23.9 Å². The van der Waals surface area contributed by atoms with E-state index >= 15 is 0 Å². The third-order valence-electron chi connectivity index (χ3n) is 3.66. The van der Waals surface area contributed by atoms with Crippen LogP contribution in [0.25, 0.3) is 5.69 Å². The van der Waals surface area contributed by atoms with Gasteiger partial charge in [-0.1, -0.05) is 6.92 Å². The van der Waals surface area contributed by atoms with Gasteiger partial charge in [-0.3, -0.25) is 14.2 Å². The second kappa shape index (κ2) is 7.13. The van der Waals surface area contributed by atoms with Gasteiger partial charge in [0.25, 0.3) is 5.56 Å². The fourth-order valence-electron chi connectivity index (χ4n) is 2.53. The molecule has 0 spiro atoms. The van der Waals surface area contributed by atoms with E-state index in [1.54, 1.807) is 37.4 Å². The molecule has 0 fully saturated rings. The van der Waals surface area contributed by atoms with E-state index in [1.165, 1.54) is 11.7 Å². The summed E-state index contributed by atoms with van der Waals surface area (Å²) in [6, 6.07) is 8.84. The van der Waals surface area contributed by atoms with Crippen LogP contribution in [0.1, 0.15) is 35.8 Å². The van der Waals surface area contributed by atoms with Crippen LogP contribution in [0.15, 0.2) is 35.1 Å². The third kappa shape index (κ3) is 3.28. The maximum absolute atomic E-state index is 12.9. The van der Waals surface area contributed by atoms with Crippen molar-refractivity contribution in [3.05, 3.63) is 51.9 Å². The van der Waals surface area contributed by atoms with E-state index in [0.29, 0.717) is 35.7 Å². The van der Waals surface area contributed by atoms with E-state index in [-0.39, 0.29) is 16.9 Å². The highest BCUT2D eigenvalue weighted by atomic mass is 16.5. The Morgan fingerprint density at radius 1 is 1.13 bits per heavy atom. The molecular weight excluding hydrogens is 294 g/mol. The van der Waals surface area contributed by atoms with E-state index in [0.717, 1.165) is 0 Å². The van der Waals surface area contributed by atoms with Crippen molar-refractivity contribution in [3.63, 3.8) is 0 Å². The normalized spacial score (nSPS) is 10.4. The van der Waals surface area contributed by atoms with Gasteiger partial charge in [-0.15, -0.1) is 0 Å². The first-order valence-electron chi connectivity index (χ1n) is 7.51. The number of carbonyl (C=O) groups excluding carboxylic acids is 1. The molecule has 0 unspecified atom stereocenters. The molecule has 5 nitrogen and oxygen atoms in total. The summed E-state index contributed by atoms with van der Waals surface area (Å²) in [6.07, 6.45) is 0.995. The fraction of sp³-hybridized carbons (Fsp3) is 0.333. The van der Waals surface area contributed by atoms with Crippen LogP contribution >= 0.6 is 0 Å². The van der Waals surface area contributed by atoms with Crippen molar-refractivity contribution >= 4 is 5.78 Å². The summed E-state index contributed by atoms with van der Waals surface area (Å²) in [5.41, 5.74) is 1.13. The van der Waals surface area contributed by atoms with Gasteiger partial charge in [0.2, 0.25) is 0 Å². The molecule has 122 valence electrons. The number of ketones is 1. The van der Waals surface area contributed by atoms with Crippen LogP contribution in [0, 0.1) is 6.92 Å². The lowest BCUT2D eigenvalue weighted by atomic mass is 10.1. The third-order valence-corrected chi connectivity index (χ3v) is 3.66. The van der Waals surface area contributed by atoms with Crippen molar-refractivity contribution in [2.24, 2.45) is 0 Å². The molecule has 0 N–H and O–H groups in total. The molecule has 0 saturated carbocycles. The van der Waals surface area contributed by atoms with Crippen molar-refractivity contribution in [2.75, 3.05) is 14.2 Å². The predicted octanol–water partition coefficient (Wildman–Crippen LogP) is 3.15. The molecule has 2 rings (SSSR count). The number of ether oxygens (including phenoxy) is 2. The minimum atomic E-state index is -0.356. The Hall–Kier alpha value is -2.56. The van der Waals surface area contributed by atoms with Gasteiger partial charge >= 0.3 is 0 Å². The summed E-state index contributed by atoms with van der Waals surface area (Å²) in [4.78, 5) is 25.2. The molecular formula is C18H21NO4. The number of nitrogens with zero attached hydrogens (tertiary/aromatic N) is 1. The van der Waals surface area contributed by atoms with Gasteiger partial charge in [0.15, 0.2) is 5.78 Å². The monoisotopic (exact) mass is 315 g/mol. The largest absolute Gasteiger partial charge is 0.497 e. The van der Waals surface area contributed by atoms with Crippen molar-refractivity contribution < 1.29 is 14.3 Å². The first-order valence-corrected chi connectivity index (χ1v) is 7.51. The lowest BCUT2D eigenvalue weighted by Gasteiger charge is -2.15. The Labute approximate surface area is 135 Å². The zero-order chi connectivity index (χ0) is 17.0. The highest BCUT2D eigenvalue weighted by molar-refractivity contribution is 5.98. The zero-order valence-corrected chi connectivity index (χ0v) is 13.9. The summed E-state index contributed by atoms with van der Waals surface area (Å²) < 4.78 is 11.9. The predicted molar refractivity (Wildman–Crippen MR) is 89.1 cm³/mol. The topological polar surface area (TPSA) is 57.5 Å². The van der Waals surface area contributed by atoms with Gasteiger partial charge in [0.1, 0.15) is 17.1 Å². The summed E-state index contributed by atoms with van der Waals surface area (Å²) in [5, 5.41) is 0. The molecule has 0 amide bonds. The molecule has 1 aromatic heterocycles. The summed E-state index contributed by atoms with van der Waals surface area (Å²) in [7, 11) is 3.05. The Morgan fingerprint density at radius 3 is 2.30 bits per heavy atom. The van der Waals surface area contributed by atoms with Crippen LogP contribution in [-0.2, 0) is 0 Å². The first-order chi connectivity index (χ1) is 11.0. The van der Waals surface area contributed by atoms with Gasteiger partial charge in [0.05, 0.1) is 14.2 Å². The standard InChI is InChI=1S/C18H21NO4/c1-5-6-15(20)17-16(23-4)11-12(2)19(18(17)21)13-7-9-14(22-3)10-8-13/h7-11H,5-6H2,1-4H3. The Bertz CT molecular complexity index is 760. The van der Waals surface area contributed by atoms with Crippen LogP contribution < -0.4 is 15.0 Å². The smallest absolute Gasteiger partial charge is 0.269 e. The first kappa shape index (κ1) is 16.8. The maximum atomic E-state index is 12.9. The van der Waals surface area contributed by atoms with Crippen molar-refractivity contribution in [1.29, 1.82) is 0 Å². The van der Waals surface area contributed by atoms with E-state index < -0.39 is 0 Å². The zero-order valence-electron chi connectivity index (χ0n) is 13.9. The SMILES string of the molecule is CCCC(=O)c1c(OC)cc(C)n(-c2ccc(OC)cc2)c1=O. The highest BCUT2D eigenvalue weighted by Crippen LogP contribution is 2.22. The molecule has 0 aliphatic carbocycles. The highest BCUT2D eigenvalue weighted by Gasteiger charge is 2.20. The molecule has 23 heavy (non-hydrogen) atoms. The summed E-state index contributed by atoms with van der Waals surface area (Å²) in [6.45, 7) is 3.71. The van der Waals surface area contributed by atoms with Crippen LogP contribution in [0.5, 0.6) is 11.5 Å². The van der Waals surface area contributed by atoms with Crippen LogP contribution in [-0.4, -0.2) is 24.6 Å². The molecule has 0 aliphatic rings. The molecule has 0 aliphatic heterocycles. The average Bonchev–Trinajstić information content (AvgIpc) is 2.55. The van der Waals surface area contributed by atoms with Crippen LogP contribution in [0.2, 0.25) is 0 Å². The number of rotatable bonds is 6. The minimum Gasteiger partial charge on any atom is -0.497 e. The number of methoxy groups -OCH3 is 2. The van der Waals surface area contributed by atoms with Gasteiger partial charge in [-0.05, 0) is 37.6 Å². The van der Waals surface area contributed by atoms with Gasteiger partial charge in [-0.2, -0.15) is 0 Å². The number of hydrogen-bond donors (Lipinski definition) is 0. The molecule has 1 aromatic carbocycles. The second-order valence-electron chi connectivity index (χ2n) is 5.24. The van der Waals surface area contributed by atoms with E-state index in [4.69, 9.17) is 9.47 Å². The molecule has 0 atom stereocenters. The number of benzene rings is 1. The number of pyridine rings is 1. The fourth-order valence-corrected chi connectivity index (χ4v) is 2.53. The molecule has 0 saturated heterocycles. The lowest BCUT2D eigenvalue weighted by Crippen LogP contribution is -2.27. The number of aromatic nitrogens is 1. The van der Waals surface area contributed by atoms with E-state index in [1.807, 2.05) is 13.8 Å². The molecule has 0 radical (unpaired) electrons. The quantitative estimate of drug-likeness (QED) is 0.768. The van der Waals surface area contributed by atoms with Crippen LogP contribution in [0.4, 0.5) is 0 Å². The minimum absolute atomic E-state index is 0.107. The molecule has 5 heteroatoms. The Balaban J connectivity index is 2.66. The summed E-state index contributed by atoms with van der Waals surface area (Å²) in [5.74, 6) is 0.836. The molecule has 0 bridgehead atoms. The van der Waals surface area contributed by atoms with Gasteiger partial charge < -0.3 is 9.47 Å². The van der Waals surface area contributed by atoms with Crippen LogP contribution in [0.3, 0.4) is 0 Å². The van der Waals surface area contributed by atoms with Crippen molar-refractivity contribution in [1.82, 2.24) is 4.57 Å². The Morgan fingerprint density at radius 2 is 1.78 bits per heavy atom. The summed E-state index contributed by atoms with van der Waals surface area (Å²) >= 11 is 0. The van der Waals surface area contributed by atoms with Crippen molar-refractivity contribution in [2.45, 2.75) is 26.7 Å². The average molecular weight is 315 g/mol. The van der Waals surface area contributed by atoms with E-state index in [2.05, 4.69) is 0 Å². The number of Topliss-reactive ketones (excluding diaryl/α,β-unsaturated/α-hetero) is 1. The Kier molecular flexibility index (Phi) is 5.21. The number of aryl methyl sites for hydroxylation is 1. The molecule has 1 heterocycles. The van der Waals surface area contributed by atoms with E-state index in [9.17, 15) is 9.59 Å². The maximum Gasteiger partial charge on any atom is 0.269 e. The molecule has 2 aromatic rings. The van der Waals surface area contributed by atoms with Gasteiger partial charge in [-0.25, -0.2) is 0 Å². The number of carbonyl (C=O) groups is 1. The number of hydrogen-bond acceptors (Lipinski definition) is 4.